The number of nitrogens with zero attached hydrogens (tertiary/aromatic N) is 1. The molecule has 3 aromatic carbocycles. The third-order valence-electron chi connectivity index (χ3n) is 4.57. The second-order valence-corrected chi connectivity index (χ2v) is 6.93. The maximum Gasteiger partial charge on any atom is 0.120 e. The number of hydrogen-bond acceptors (Lipinski definition) is 2. The second-order valence-electron chi connectivity index (χ2n) is 6.50. The molecule has 1 heterocycles. The van der Waals surface area contributed by atoms with Crippen LogP contribution in [0.15, 0.2) is 83.9 Å². The van der Waals surface area contributed by atoms with E-state index in [1.165, 1.54) is 16.7 Å². The first-order valence-electron chi connectivity index (χ1n) is 9.06. The number of rotatable bonds is 5. The van der Waals surface area contributed by atoms with Crippen LogP contribution in [0.4, 0.5) is 0 Å². The summed E-state index contributed by atoms with van der Waals surface area (Å²) in [6.45, 7) is 1.34. The van der Waals surface area contributed by atoms with Gasteiger partial charge in [-0.1, -0.05) is 60.1 Å². The van der Waals surface area contributed by atoms with Gasteiger partial charge in [-0.05, 0) is 59.5 Å². The molecule has 0 N–H and O–H groups in total. The SMILES string of the molecule is Clc1ccc(COc2ccc3c(c2)CCN=C3C=Cc2ccccc2)cc1. The van der Waals surface area contributed by atoms with Crippen LogP contribution >= 0.6 is 11.6 Å². The largest absolute Gasteiger partial charge is 0.489 e. The van der Waals surface area contributed by atoms with E-state index < -0.39 is 0 Å². The highest BCUT2D eigenvalue weighted by molar-refractivity contribution is 6.30. The number of aliphatic imine (C=N–C) groups is 1. The summed E-state index contributed by atoms with van der Waals surface area (Å²) in [5.74, 6) is 0.886. The van der Waals surface area contributed by atoms with Crippen molar-refractivity contribution in [3.63, 3.8) is 0 Å². The molecular weight excluding hydrogens is 354 g/mol. The van der Waals surface area contributed by atoms with Gasteiger partial charge in [-0.15, -0.1) is 0 Å². The van der Waals surface area contributed by atoms with Crippen molar-refractivity contribution in [3.05, 3.63) is 106 Å². The molecule has 3 aromatic rings. The highest BCUT2D eigenvalue weighted by Crippen LogP contribution is 2.24. The van der Waals surface area contributed by atoms with E-state index in [0.717, 1.165) is 35.0 Å². The summed E-state index contributed by atoms with van der Waals surface area (Å²) >= 11 is 5.93. The molecule has 2 nitrogen and oxygen atoms in total. The van der Waals surface area contributed by atoms with Gasteiger partial charge in [0.1, 0.15) is 12.4 Å². The van der Waals surface area contributed by atoms with E-state index in [1.54, 1.807) is 0 Å². The van der Waals surface area contributed by atoms with Gasteiger partial charge in [0.25, 0.3) is 0 Å². The molecule has 27 heavy (non-hydrogen) atoms. The van der Waals surface area contributed by atoms with Crippen LogP contribution in [0.5, 0.6) is 5.75 Å². The molecular formula is C24H20ClNO. The first-order chi connectivity index (χ1) is 13.3. The Morgan fingerprint density at radius 2 is 1.74 bits per heavy atom. The number of benzene rings is 3. The van der Waals surface area contributed by atoms with Crippen LogP contribution in [0.2, 0.25) is 5.02 Å². The average Bonchev–Trinajstić information content (AvgIpc) is 2.72. The van der Waals surface area contributed by atoms with Crippen molar-refractivity contribution >= 4 is 23.4 Å². The Morgan fingerprint density at radius 1 is 0.926 bits per heavy atom. The molecule has 134 valence electrons. The zero-order valence-corrected chi connectivity index (χ0v) is 15.7. The van der Waals surface area contributed by atoms with Gasteiger partial charge >= 0.3 is 0 Å². The van der Waals surface area contributed by atoms with Crippen molar-refractivity contribution in [1.29, 1.82) is 0 Å². The topological polar surface area (TPSA) is 21.6 Å². The van der Waals surface area contributed by atoms with E-state index in [4.69, 9.17) is 21.3 Å². The number of allylic oxidation sites excluding steroid dienone is 1. The Hall–Kier alpha value is -2.84. The molecule has 0 saturated heterocycles. The Kier molecular flexibility index (Phi) is 5.36. The summed E-state index contributed by atoms with van der Waals surface area (Å²) in [5, 5.41) is 0.739. The smallest absolute Gasteiger partial charge is 0.120 e. The lowest BCUT2D eigenvalue weighted by atomic mass is 9.96. The minimum Gasteiger partial charge on any atom is -0.489 e. The Bertz CT molecular complexity index is 975. The number of fused-ring (bicyclic) bond motifs is 1. The monoisotopic (exact) mass is 373 g/mol. The summed E-state index contributed by atoms with van der Waals surface area (Å²) in [5.41, 5.74) is 5.78. The summed E-state index contributed by atoms with van der Waals surface area (Å²) < 4.78 is 5.96. The first-order valence-corrected chi connectivity index (χ1v) is 9.44. The fraction of sp³-hybridized carbons (Fsp3) is 0.125. The van der Waals surface area contributed by atoms with E-state index in [2.05, 4.69) is 36.4 Å². The number of halogens is 1. The van der Waals surface area contributed by atoms with E-state index in [0.29, 0.717) is 6.61 Å². The quantitative estimate of drug-likeness (QED) is 0.539. The minimum atomic E-state index is 0.533. The maximum absolute atomic E-state index is 5.96. The Balaban J connectivity index is 1.48. The lowest BCUT2D eigenvalue weighted by Crippen LogP contribution is -2.11. The predicted octanol–water partition coefficient (Wildman–Crippen LogP) is 5.98. The van der Waals surface area contributed by atoms with Gasteiger partial charge in [0.2, 0.25) is 0 Å². The highest BCUT2D eigenvalue weighted by atomic mass is 35.5. The fourth-order valence-electron chi connectivity index (χ4n) is 3.13. The van der Waals surface area contributed by atoms with Crippen LogP contribution in [-0.4, -0.2) is 12.3 Å². The third kappa shape index (κ3) is 4.47. The van der Waals surface area contributed by atoms with E-state index in [1.807, 2.05) is 48.5 Å². The van der Waals surface area contributed by atoms with Crippen LogP contribution in [0.3, 0.4) is 0 Å². The van der Waals surface area contributed by atoms with Gasteiger partial charge in [-0.25, -0.2) is 0 Å². The van der Waals surface area contributed by atoms with Gasteiger partial charge in [-0.2, -0.15) is 0 Å². The van der Waals surface area contributed by atoms with E-state index in [-0.39, 0.29) is 0 Å². The van der Waals surface area contributed by atoms with E-state index >= 15 is 0 Å². The second kappa shape index (κ2) is 8.24. The van der Waals surface area contributed by atoms with Gasteiger partial charge in [0, 0.05) is 17.1 Å². The fourth-order valence-corrected chi connectivity index (χ4v) is 3.25. The number of ether oxygens (including phenoxy) is 1. The van der Waals surface area contributed by atoms with Gasteiger partial charge in [-0.3, -0.25) is 4.99 Å². The maximum atomic E-state index is 5.96. The molecule has 0 saturated carbocycles. The number of hydrogen-bond donors (Lipinski definition) is 0. The molecule has 4 rings (SSSR count). The summed E-state index contributed by atoms with van der Waals surface area (Å²) in [4.78, 5) is 4.69. The molecule has 0 amide bonds. The lowest BCUT2D eigenvalue weighted by molar-refractivity contribution is 0.306. The molecule has 1 aliphatic rings. The minimum absolute atomic E-state index is 0.533. The van der Waals surface area contributed by atoms with Crippen LogP contribution in [0, 0.1) is 0 Å². The highest BCUT2D eigenvalue weighted by Gasteiger charge is 2.13. The summed E-state index contributed by atoms with van der Waals surface area (Å²) in [7, 11) is 0. The molecule has 0 atom stereocenters. The van der Waals surface area contributed by atoms with E-state index in [9.17, 15) is 0 Å². The van der Waals surface area contributed by atoms with Crippen molar-refractivity contribution < 1.29 is 4.74 Å². The van der Waals surface area contributed by atoms with Crippen molar-refractivity contribution in [2.45, 2.75) is 13.0 Å². The normalized spacial score (nSPS) is 13.3. The Morgan fingerprint density at radius 3 is 2.56 bits per heavy atom. The third-order valence-corrected chi connectivity index (χ3v) is 4.82. The molecule has 0 aliphatic carbocycles. The van der Waals surface area contributed by atoms with Gasteiger partial charge < -0.3 is 4.74 Å². The first kappa shape index (κ1) is 17.6. The van der Waals surface area contributed by atoms with Crippen molar-refractivity contribution in [2.75, 3.05) is 6.54 Å². The average molecular weight is 374 g/mol. The molecule has 0 unspecified atom stereocenters. The van der Waals surface area contributed by atoms with Crippen LogP contribution in [0.25, 0.3) is 6.08 Å². The van der Waals surface area contributed by atoms with Crippen LogP contribution in [0.1, 0.15) is 22.3 Å². The Labute approximate surface area is 164 Å². The summed E-state index contributed by atoms with van der Waals surface area (Å²) in [6, 6.07) is 24.3. The van der Waals surface area contributed by atoms with Crippen molar-refractivity contribution in [3.8, 4) is 5.75 Å². The predicted molar refractivity (Wildman–Crippen MR) is 113 cm³/mol. The summed E-state index contributed by atoms with van der Waals surface area (Å²) in [6.07, 6.45) is 5.15. The standard InChI is InChI=1S/C24H20ClNO/c25-21-9-6-19(7-10-21)17-27-22-11-12-23-20(16-22)14-15-26-24(23)13-8-18-4-2-1-3-5-18/h1-13,16H,14-15,17H2. The zero-order valence-electron chi connectivity index (χ0n) is 14.9. The molecule has 0 bridgehead atoms. The van der Waals surface area contributed by atoms with Crippen LogP contribution < -0.4 is 4.74 Å². The van der Waals surface area contributed by atoms with Crippen molar-refractivity contribution in [2.24, 2.45) is 4.99 Å². The lowest BCUT2D eigenvalue weighted by Gasteiger charge is -2.16. The van der Waals surface area contributed by atoms with Gasteiger partial charge in [0.15, 0.2) is 0 Å². The van der Waals surface area contributed by atoms with Crippen LogP contribution in [-0.2, 0) is 13.0 Å². The zero-order chi connectivity index (χ0) is 18.5. The molecule has 0 fully saturated rings. The molecule has 3 heteroatoms. The molecule has 1 aliphatic heterocycles. The molecule has 0 spiro atoms. The molecule has 0 aromatic heterocycles. The van der Waals surface area contributed by atoms with Crippen molar-refractivity contribution in [1.82, 2.24) is 0 Å². The van der Waals surface area contributed by atoms with Gasteiger partial charge in [0.05, 0.1) is 5.71 Å². The molecule has 0 radical (unpaired) electrons.